The van der Waals surface area contributed by atoms with E-state index in [0.717, 1.165) is 25.1 Å². The van der Waals surface area contributed by atoms with Gasteiger partial charge in [0.05, 0.1) is 0 Å². The van der Waals surface area contributed by atoms with Crippen LogP contribution in [0.2, 0.25) is 0 Å². The largest absolute Gasteiger partial charge is 0.344 e. The van der Waals surface area contributed by atoms with Crippen LogP contribution in [0.25, 0.3) is 0 Å². The van der Waals surface area contributed by atoms with E-state index in [-0.39, 0.29) is 17.4 Å². The molecule has 112 valence electrons. The van der Waals surface area contributed by atoms with Crippen LogP contribution >= 0.6 is 0 Å². The average molecular weight is 277 g/mol. The van der Waals surface area contributed by atoms with Gasteiger partial charge in [-0.3, -0.25) is 4.79 Å². The normalized spacial score (nSPS) is 20.6. The molecule has 4 nitrogen and oxygen atoms in total. The first-order chi connectivity index (χ1) is 9.25. The summed E-state index contributed by atoms with van der Waals surface area (Å²) >= 11 is 0. The minimum absolute atomic E-state index is 0.0905. The van der Waals surface area contributed by atoms with Crippen LogP contribution in [-0.4, -0.2) is 29.0 Å². The van der Waals surface area contributed by atoms with Crippen LogP contribution < -0.4 is 5.73 Å². The lowest BCUT2D eigenvalue weighted by atomic mass is 9.74. The van der Waals surface area contributed by atoms with Crippen molar-refractivity contribution in [2.75, 3.05) is 13.6 Å². The molecule has 1 amide bonds. The maximum atomic E-state index is 12.2. The highest BCUT2D eigenvalue weighted by atomic mass is 16.2. The highest BCUT2D eigenvalue weighted by Crippen LogP contribution is 2.40. The van der Waals surface area contributed by atoms with Crippen molar-refractivity contribution in [1.82, 2.24) is 9.47 Å². The fraction of sp³-hybridized carbons (Fsp3) is 0.688. The van der Waals surface area contributed by atoms with Crippen LogP contribution in [0.5, 0.6) is 0 Å². The maximum absolute atomic E-state index is 12.2. The summed E-state index contributed by atoms with van der Waals surface area (Å²) in [6, 6.07) is 2.25. The van der Waals surface area contributed by atoms with Gasteiger partial charge in [0, 0.05) is 31.0 Å². The summed E-state index contributed by atoms with van der Waals surface area (Å²) in [5, 5.41) is 0. The highest BCUT2D eigenvalue weighted by Gasteiger charge is 2.33. The Morgan fingerprint density at radius 3 is 2.80 bits per heavy atom. The highest BCUT2D eigenvalue weighted by molar-refractivity contribution is 5.76. The standard InChI is InChI=1S/C16H27N3O/c1-6-18(5)15(20)10-19-11(2)7-12-13(17)8-16(3,4)9-14(12)19/h7,13H,6,8-10,17H2,1-5H3. The van der Waals surface area contributed by atoms with Gasteiger partial charge < -0.3 is 15.2 Å². The van der Waals surface area contributed by atoms with Crippen LogP contribution in [0.3, 0.4) is 0 Å². The zero-order chi connectivity index (χ0) is 15.1. The molecule has 2 rings (SSSR count). The zero-order valence-electron chi connectivity index (χ0n) is 13.4. The molecular weight excluding hydrogens is 250 g/mol. The first-order valence-corrected chi connectivity index (χ1v) is 7.43. The number of aryl methyl sites for hydroxylation is 1. The van der Waals surface area contributed by atoms with Crippen LogP contribution in [-0.2, 0) is 17.8 Å². The SMILES string of the molecule is CCN(C)C(=O)Cn1c(C)cc2c1CC(C)(C)CC2N. The third-order valence-corrected chi connectivity index (χ3v) is 4.46. The molecule has 0 radical (unpaired) electrons. The molecule has 2 N–H and O–H groups in total. The van der Waals surface area contributed by atoms with Crippen molar-refractivity contribution in [1.29, 1.82) is 0 Å². The van der Waals surface area contributed by atoms with E-state index in [1.54, 1.807) is 4.90 Å². The molecule has 0 fully saturated rings. The molecule has 1 aromatic heterocycles. The molecule has 1 atom stereocenters. The molecule has 0 saturated heterocycles. The molecule has 4 heteroatoms. The van der Waals surface area contributed by atoms with Crippen molar-refractivity contribution in [2.45, 2.75) is 53.1 Å². The van der Waals surface area contributed by atoms with E-state index in [1.165, 1.54) is 11.3 Å². The number of nitrogens with zero attached hydrogens (tertiary/aromatic N) is 2. The van der Waals surface area contributed by atoms with E-state index in [0.29, 0.717) is 6.54 Å². The number of carbonyl (C=O) groups is 1. The van der Waals surface area contributed by atoms with Gasteiger partial charge in [0.15, 0.2) is 0 Å². The van der Waals surface area contributed by atoms with E-state index in [4.69, 9.17) is 5.73 Å². The lowest BCUT2D eigenvalue weighted by Crippen LogP contribution is -2.33. The minimum Gasteiger partial charge on any atom is -0.344 e. The average Bonchev–Trinajstić information content (AvgIpc) is 2.65. The molecule has 0 bridgehead atoms. The molecular formula is C16H27N3O. The van der Waals surface area contributed by atoms with Crippen molar-refractivity contribution in [3.63, 3.8) is 0 Å². The summed E-state index contributed by atoms with van der Waals surface area (Å²) in [5.41, 5.74) is 10.1. The van der Waals surface area contributed by atoms with Crippen molar-refractivity contribution in [2.24, 2.45) is 11.1 Å². The molecule has 0 aliphatic heterocycles. The third kappa shape index (κ3) is 2.75. The number of aromatic nitrogens is 1. The third-order valence-electron chi connectivity index (χ3n) is 4.46. The fourth-order valence-electron chi connectivity index (χ4n) is 3.16. The lowest BCUT2D eigenvalue weighted by Gasteiger charge is -2.34. The Bertz CT molecular complexity index is 516. The number of hydrogen-bond donors (Lipinski definition) is 1. The van der Waals surface area contributed by atoms with Gasteiger partial charge in [-0.2, -0.15) is 0 Å². The van der Waals surface area contributed by atoms with Gasteiger partial charge in [-0.05, 0) is 43.7 Å². The predicted molar refractivity (Wildman–Crippen MR) is 81.5 cm³/mol. The number of fused-ring (bicyclic) bond motifs is 1. The molecule has 20 heavy (non-hydrogen) atoms. The summed E-state index contributed by atoms with van der Waals surface area (Å²) in [6.45, 7) is 9.73. The first-order valence-electron chi connectivity index (χ1n) is 7.43. The molecule has 1 aliphatic rings. The quantitative estimate of drug-likeness (QED) is 0.921. The van der Waals surface area contributed by atoms with E-state index in [9.17, 15) is 4.79 Å². The van der Waals surface area contributed by atoms with Crippen LogP contribution in [0.4, 0.5) is 0 Å². The second-order valence-corrected chi connectivity index (χ2v) is 6.83. The van der Waals surface area contributed by atoms with E-state index in [2.05, 4.69) is 31.4 Å². The summed E-state index contributed by atoms with van der Waals surface area (Å²) in [7, 11) is 1.85. The number of nitrogens with two attached hydrogens (primary N) is 1. The molecule has 0 spiro atoms. The predicted octanol–water partition coefficient (Wildman–Crippen LogP) is 2.25. The molecule has 1 aliphatic carbocycles. The molecule has 0 aromatic carbocycles. The Kier molecular flexibility index (Phi) is 3.96. The monoisotopic (exact) mass is 277 g/mol. The van der Waals surface area contributed by atoms with Gasteiger partial charge >= 0.3 is 0 Å². The van der Waals surface area contributed by atoms with Crippen molar-refractivity contribution < 1.29 is 4.79 Å². The Morgan fingerprint density at radius 2 is 2.20 bits per heavy atom. The number of rotatable bonds is 3. The molecule has 1 heterocycles. The van der Waals surface area contributed by atoms with E-state index in [1.807, 2.05) is 14.0 Å². The van der Waals surface area contributed by atoms with Crippen LogP contribution in [0.1, 0.15) is 50.2 Å². The van der Waals surface area contributed by atoms with Gasteiger partial charge in [0.1, 0.15) is 6.54 Å². The Morgan fingerprint density at radius 1 is 1.55 bits per heavy atom. The number of hydrogen-bond acceptors (Lipinski definition) is 2. The molecule has 1 unspecified atom stereocenters. The smallest absolute Gasteiger partial charge is 0.242 e. The van der Waals surface area contributed by atoms with Gasteiger partial charge in [-0.1, -0.05) is 13.8 Å². The van der Waals surface area contributed by atoms with Crippen LogP contribution in [0.15, 0.2) is 6.07 Å². The van der Waals surface area contributed by atoms with Gasteiger partial charge in [-0.15, -0.1) is 0 Å². The Hall–Kier alpha value is -1.29. The van der Waals surface area contributed by atoms with Crippen molar-refractivity contribution >= 4 is 5.91 Å². The van der Waals surface area contributed by atoms with Crippen molar-refractivity contribution in [3.05, 3.63) is 23.0 Å². The summed E-state index contributed by atoms with van der Waals surface area (Å²) in [6.07, 6.45) is 2.00. The van der Waals surface area contributed by atoms with Crippen molar-refractivity contribution in [3.8, 4) is 0 Å². The number of amides is 1. The summed E-state index contributed by atoms with van der Waals surface area (Å²) in [4.78, 5) is 14.0. The molecule has 1 aromatic rings. The second-order valence-electron chi connectivity index (χ2n) is 6.83. The Labute approximate surface area is 121 Å². The maximum Gasteiger partial charge on any atom is 0.242 e. The molecule has 0 saturated carbocycles. The van der Waals surface area contributed by atoms with Crippen LogP contribution in [0, 0.1) is 12.3 Å². The van der Waals surface area contributed by atoms with Gasteiger partial charge in [-0.25, -0.2) is 0 Å². The topological polar surface area (TPSA) is 51.3 Å². The van der Waals surface area contributed by atoms with Gasteiger partial charge in [0.2, 0.25) is 5.91 Å². The van der Waals surface area contributed by atoms with Gasteiger partial charge in [0.25, 0.3) is 0 Å². The summed E-state index contributed by atoms with van der Waals surface area (Å²) < 4.78 is 2.16. The number of carbonyl (C=O) groups excluding carboxylic acids is 1. The first kappa shape index (κ1) is 15.1. The lowest BCUT2D eigenvalue weighted by molar-refractivity contribution is -0.130. The second kappa shape index (κ2) is 5.24. The number of likely N-dealkylation sites (N-methyl/N-ethyl adjacent to an activating group) is 1. The van der Waals surface area contributed by atoms with E-state index < -0.39 is 0 Å². The van der Waals surface area contributed by atoms with E-state index >= 15 is 0 Å². The fourth-order valence-corrected chi connectivity index (χ4v) is 3.16. The Balaban J connectivity index is 2.34. The minimum atomic E-state index is 0.0905. The summed E-state index contributed by atoms with van der Waals surface area (Å²) in [5.74, 6) is 0.158. The zero-order valence-corrected chi connectivity index (χ0v) is 13.4.